The van der Waals surface area contributed by atoms with Gasteiger partial charge in [-0.2, -0.15) is 0 Å². The van der Waals surface area contributed by atoms with Crippen LogP contribution >= 0.6 is 0 Å². The first-order chi connectivity index (χ1) is 11.3. The second kappa shape index (κ2) is 6.22. The zero-order valence-electron chi connectivity index (χ0n) is 14.7. The number of unbranched alkanes of at least 4 members (excludes halogenated alkanes) is 3. The van der Waals surface area contributed by atoms with Crippen molar-refractivity contribution < 1.29 is 0 Å². The lowest BCUT2D eigenvalue weighted by Crippen LogP contribution is -2.41. The molecule has 0 saturated carbocycles. The van der Waals surface area contributed by atoms with E-state index in [1.54, 1.807) is 22.3 Å². The minimum Gasteiger partial charge on any atom is -0.385 e. The third kappa shape index (κ3) is 2.66. The Balaban J connectivity index is 1.61. The quantitative estimate of drug-likeness (QED) is 0.718. The van der Waals surface area contributed by atoms with Gasteiger partial charge in [-0.1, -0.05) is 38.7 Å². The minimum absolute atomic E-state index is 0.642. The van der Waals surface area contributed by atoms with Crippen LogP contribution in [-0.2, 0) is 0 Å². The zero-order valence-corrected chi connectivity index (χ0v) is 14.7. The molecule has 23 heavy (non-hydrogen) atoms. The summed E-state index contributed by atoms with van der Waals surface area (Å²) in [6, 6.07) is 0.642. The molecular formula is C21H30N2. The summed E-state index contributed by atoms with van der Waals surface area (Å²) < 4.78 is 0. The van der Waals surface area contributed by atoms with Gasteiger partial charge in [0, 0.05) is 35.5 Å². The maximum Gasteiger partial charge on any atom is 0.0379 e. The fourth-order valence-corrected chi connectivity index (χ4v) is 4.95. The average molecular weight is 310 g/mol. The van der Waals surface area contributed by atoms with Crippen molar-refractivity contribution in [2.24, 2.45) is 5.92 Å². The van der Waals surface area contributed by atoms with Gasteiger partial charge in [-0.15, -0.1) is 0 Å². The number of hydrogen-bond acceptors (Lipinski definition) is 2. The van der Waals surface area contributed by atoms with Crippen LogP contribution in [0.15, 0.2) is 45.8 Å². The smallest absolute Gasteiger partial charge is 0.0379 e. The van der Waals surface area contributed by atoms with Crippen LogP contribution in [-0.4, -0.2) is 12.6 Å². The minimum atomic E-state index is 0.642. The summed E-state index contributed by atoms with van der Waals surface area (Å²) in [7, 11) is 0. The molecule has 0 aromatic rings. The largest absolute Gasteiger partial charge is 0.385 e. The predicted molar refractivity (Wildman–Crippen MR) is 96.9 cm³/mol. The van der Waals surface area contributed by atoms with E-state index in [-0.39, 0.29) is 0 Å². The van der Waals surface area contributed by atoms with Crippen LogP contribution in [0.4, 0.5) is 0 Å². The van der Waals surface area contributed by atoms with Gasteiger partial charge in [0.1, 0.15) is 0 Å². The topological polar surface area (TPSA) is 24.1 Å². The zero-order chi connectivity index (χ0) is 15.8. The maximum atomic E-state index is 3.82. The molecule has 0 amide bonds. The van der Waals surface area contributed by atoms with Crippen molar-refractivity contribution in [2.75, 3.05) is 6.54 Å². The van der Waals surface area contributed by atoms with Crippen LogP contribution in [0.25, 0.3) is 0 Å². The first kappa shape index (κ1) is 15.1. The lowest BCUT2D eigenvalue weighted by molar-refractivity contribution is 0.367. The third-order valence-corrected chi connectivity index (χ3v) is 6.01. The number of allylic oxidation sites excluding steroid dienone is 4. The highest BCUT2D eigenvalue weighted by atomic mass is 15.0. The van der Waals surface area contributed by atoms with Crippen LogP contribution in [0.5, 0.6) is 0 Å². The van der Waals surface area contributed by atoms with E-state index >= 15 is 0 Å². The number of hydrogen-bond donors (Lipinski definition) is 2. The number of fused-ring (bicyclic) bond motifs is 1. The second-order valence-corrected chi connectivity index (χ2v) is 7.66. The number of rotatable bonds is 5. The van der Waals surface area contributed by atoms with E-state index in [2.05, 4.69) is 36.6 Å². The molecule has 2 heteroatoms. The second-order valence-electron chi connectivity index (χ2n) is 7.66. The Morgan fingerprint density at radius 3 is 3.00 bits per heavy atom. The Labute approximate surface area is 140 Å². The fourth-order valence-electron chi connectivity index (χ4n) is 4.95. The van der Waals surface area contributed by atoms with E-state index in [1.807, 2.05) is 0 Å². The van der Waals surface area contributed by atoms with E-state index < -0.39 is 0 Å². The Morgan fingerprint density at radius 1 is 1.22 bits per heavy atom. The van der Waals surface area contributed by atoms with Gasteiger partial charge < -0.3 is 10.6 Å². The van der Waals surface area contributed by atoms with Crippen LogP contribution < -0.4 is 10.6 Å². The molecule has 4 aliphatic rings. The summed E-state index contributed by atoms with van der Waals surface area (Å²) in [4.78, 5) is 0. The monoisotopic (exact) mass is 310 g/mol. The van der Waals surface area contributed by atoms with E-state index in [4.69, 9.17) is 0 Å². The fraction of sp³-hybridized carbons (Fsp3) is 0.619. The van der Waals surface area contributed by atoms with Gasteiger partial charge in [0.2, 0.25) is 0 Å². The molecule has 2 unspecified atom stereocenters. The summed E-state index contributed by atoms with van der Waals surface area (Å²) >= 11 is 0. The van der Waals surface area contributed by atoms with E-state index in [1.165, 1.54) is 62.8 Å². The number of nitrogens with one attached hydrogen (secondary N) is 2. The molecule has 2 nitrogen and oxygen atoms in total. The van der Waals surface area contributed by atoms with E-state index in [9.17, 15) is 0 Å². The summed E-state index contributed by atoms with van der Waals surface area (Å²) in [6.07, 6.45) is 15.3. The highest BCUT2D eigenvalue weighted by Crippen LogP contribution is 2.47. The summed E-state index contributed by atoms with van der Waals surface area (Å²) in [5.41, 5.74) is 9.39. The van der Waals surface area contributed by atoms with Crippen molar-refractivity contribution in [3.8, 4) is 0 Å². The molecule has 0 aromatic carbocycles. The van der Waals surface area contributed by atoms with Crippen molar-refractivity contribution in [1.29, 1.82) is 0 Å². The summed E-state index contributed by atoms with van der Waals surface area (Å²) in [5, 5.41) is 7.45. The van der Waals surface area contributed by atoms with Gasteiger partial charge in [-0.3, -0.25) is 0 Å². The molecule has 0 bridgehead atoms. The molecule has 0 aromatic heterocycles. The van der Waals surface area contributed by atoms with Gasteiger partial charge in [0.15, 0.2) is 0 Å². The maximum absolute atomic E-state index is 3.82. The SMILES string of the molecule is CCCCCCC1NC(C)=CC2=C3CCC=C4NCC(=C43)CC21. The highest BCUT2D eigenvalue weighted by Gasteiger charge is 2.38. The van der Waals surface area contributed by atoms with Crippen molar-refractivity contribution >= 4 is 0 Å². The molecule has 4 rings (SSSR count). The van der Waals surface area contributed by atoms with Crippen LogP contribution in [0.3, 0.4) is 0 Å². The van der Waals surface area contributed by atoms with Gasteiger partial charge in [0.25, 0.3) is 0 Å². The van der Waals surface area contributed by atoms with Crippen LogP contribution in [0.2, 0.25) is 0 Å². The van der Waals surface area contributed by atoms with E-state index in [0.717, 1.165) is 6.54 Å². The molecule has 0 saturated heterocycles. The van der Waals surface area contributed by atoms with Gasteiger partial charge in [0.05, 0.1) is 0 Å². The Bertz CT molecular complexity index is 618. The standard InChI is InChI=1S/C21H30N2/c1-3-4-5-6-9-19-18-12-15-13-22-20-10-7-8-16(21(15)20)17(18)11-14(2)23-19/h10-11,18-19,22-23H,3-9,12-13H2,1-2H3. The van der Waals surface area contributed by atoms with Gasteiger partial charge in [-0.25, -0.2) is 0 Å². The predicted octanol–water partition coefficient (Wildman–Crippen LogP) is 4.73. The van der Waals surface area contributed by atoms with Crippen molar-refractivity contribution in [1.82, 2.24) is 10.6 Å². The third-order valence-electron chi connectivity index (χ3n) is 6.01. The lowest BCUT2D eigenvalue weighted by atomic mass is 9.71. The van der Waals surface area contributed by atoms with Crippen LogP contribution in [0.1, 0.15) is 65.2 Å². The molecule has 2 aliphatic carbocycles. The van der Waals surface area contributed by atoms with Gasteiger partial charge in [-0.05, 0) is 55.4 Å². The first-order valence-electron chi connectivity index (χ1n) is 9.62. The normalized spacial score (nSPS) is 28.6. The molecule has 124 valence electrons. The van der Waals surface area contributed by atoms with Crippen LogP contribution in [0, 0.1) is 5.92 Å². The van der Waals surface area contributed by atoms with Gasteiger partial charge >= 0.3 is 0 Å². The first-order valence-corrected chi connectivity index (χ1v) is 9.62. The molecule has 2 atom stereocenters. The molecular weight excluding hydrogens is 280 g/mol. The Hall–Kier alpha value is -1.44. The molecule has 0 fully saturated rings. The Kier molecular flexibility index (Phi) is 4.09. The summed E-state index contributed by atoms with van der Waals surface area (Å²) in [5.74, 6) is 0.702. The highest BCUT2D eigenvalue weighted by molar-refractivity contribution is 5.62. The molecule has 2 heterocycles. The van der Waals surface area contributed by atoms with Crippen molar-refractivity contribution in [2.45, 2.75) is 71.3 Å². The van der Waals surface area contributed by atoms with Crippen molar-refractivity contribution in [3.63, 3.8) is 0 Å². The summed E-state index contributed by atoms with van der Waals surface area (Å²) in [6.45, 7) is 5.63. The average Bonchev–Trinajstić information content (AvgIpc) is 2.97. The molecule has 0 spiro atoms. The molecule has 2 N–H and O–H groups in total. The Morgan fingerprint density at radius 2 is 2.13 bits per heavy atom. The van der Waals surface area contributed by atoms with E-state index in [0.29, 0.717) is 12.0 Å². The lowest BCUT2D eigenvalue weighted by Gasteiger charge is -2.39. The van der Waals surface area contributed by atoms with Crippen molar-refractivity contribution in [3.05, 3.63) is 45.8 Å². The molecule has 2 aliphatic heterocycles. The molecule has 0 radical (unpaired) electrons.